The minimum Gasteiger partial charge on any atom is -0.459 e. The van der Waals surface area contributed by atoms with Gasteiger partial charge in [0.05, 0.1) is 0 Å². The Hall–Kier alpha value is -5.64. The topological polar surface area (TPSA) is 129 Å². The van der Waals surface area contributed by atoms with Crippen LogP contribution >= 0.6 is 0 Å². The number of amides is 2. The van der Waals surface area contributed by atoms with Gasteiger partial charge in [-0.3, -0.25) is 4.79 Å². The van der Waals surface area contributed by atoms with Gasteiger partial charge in [-0.25, -0.2) is 14.4 Å². The Morgan fingerprint density at radius 3 is 1.60 bits per heavy atom. The molecule has 0 saturated heterocycles. The van der Waals surface area contributed by atoms with Crippen LogP contribution in [0.3, 0.4) is 0 Å². The van der Waals surface area contributed by atoms with E-state index in [4.69, 9.17) is 18.9 Å². The van der Waals surface area contributed by atoms with Crippen LogP contribution < -0.4 is 15.4 Å². The van der Waals surface area contributed by atoms with Gasteiger partial charge in [-0.05, 0) is 41.3 Å². The number of hydrogen-bond donors (Lipinski definition) is 2. The van der Waals surface area contributed by atoms with Crippen molar-refractivity contribution in [2.24, 2.45) is 0 Å². The van der Waals surface area contributed by atoms with Gasteiger partial charge in [-0.1, -0.05) is 103 Å². The molecule has 0 aromatic heterocycles. The van der Waals surface area contributed by atoms with Crippen LogP contribution in [0.1, 0.15) is 29.2 Å². The molecule has 0 aliphatic carbocycles. The van der Waals surface area contributed by atoms with Gasteiger partial charge in [-0.15, -0.1) is 0 Å². The maximum atomic E-state index is 13.3. The number of hydrogen-bond acceptors (Lipinski definition) is 8. The third kappa shape index (κ3) is 11.2. The first-order valence-corrected chi connectivity index (χ1v) is 14.3. The summed E-state index contributed by atoms with van der Waals surface area (Å²) in [7, 11) is 0. The van der Waals surface area contributed by atoms with E-state index in [1.54, 1.807) is 36.4 Å². The fourth-order valence-electron chi connectivity index (χ4n) is 4.11. The first-order chi connectivity index (χ1) is 21.9. The van der Waals surface area contributed by atoms with Crippen molar-refractivity contribution in [3.8, 4) is 5.75 Å². The molecular formula is C35H34N2O8. The van der Waals surface area contributed by atoms with E-state index in [-0.39, 0.29) is 32.0 Å². The molecular weight excluding hydrogens is 576 g/mol. The lowest BCUT2D eigenvalue weighted by Crippen LogP contribution is -2.52. The van der Waals surface area contributed by atoms with Crippen molar-refractivity contribution in [1.29, 1.82) is 0 Å². The number of rotatable bonds is 13. The molecule has 4 rings (SSSR count). The Labute approximate surface area is 261 Å². The lowest BCUT2D eigenvalue weighted by Gasteiger charge is -2.21. The Balaban J connectivity index is 1.35. The van der Waals surface area contributed by atoms with Gasteiger partial charge in [0, 0.05) is 6.42 Å². The van der Waals surface area contributed by atoms with Crippen LogP contribution in [0.5, 0.6) is 5.75 Å². The monoisotopic (exact) mass is 610 g/mol. The zero-order valence-corrected chi connectivity index (χ0v) is 24.7. The molecule has 2 unspecified atom stereocenters. The molecule has 232 valence electrons. The highest BCUT2D eigenvalue weighted by Crippen LogP contribution is 2.15. The number of ether oxygens (including phenoxy) is 4. The number of carbonyl (C=O) groups excluding carboxylic acids is 4. The molecule has 0 bridgehead atoms. The molecule has 10 nitrogen and oxygen atoms in total. The number of benzene rings is 4. The van der Waals surface area contributed by atoms with Crippen LogP contribution in [-0.4, -0.2) is 36.2 Å². The van der Waals surface area contributed by atoms with Crippen molar-refractivity contribution in [3.05, 3.63) is 138 Å². The van der Waals surface area contributed by atoms with Crippen LogP contribution in [0.4, 0.5) is 9.59 Å². The summed E-state index contributed by atoms with van der Waals surface area (Å²) in [5.41, 5.74) is 3.05. The maximum Gasteiger partial charge on any atom is 0.514 e. The van der Waals surface area contributed by atoms with Crippen molar-refractivity contribution in [2.75, 3.05) is 0 Å². The van der Waals surface area contributed by atoms with E-state index in [0.29, 0.717) is 5.56 Å². The molecule has 4 aromatic rings. The predicted octanol–water partition coefficient (Wildman–Crippen LogP) is 5.49. The Bertz CT molecular complexity index is 1530. The maximum absolute atomic E-state index is 13.3. The minimum atomic E-state index is -1.10. The lowest BCUT2D eigenvalue weighted by molar-refractivity contribution is -0.148. The highest BCUT2D eigenvalue weighted by molar-refractivity contribution is 5.89. The van der Waals surface area contributed by atoms with Crippen molar-refractivity contribution in [3.63, 3.8) is 0 Å². The average molecular weight is 611 g/mol. The van der Waals surface area contributed by atoms with E-state index < -0.39 is 36.2 Å². The van der Waals surface area contributed by atoms with E-state index >= 15 is 0 Å². The molecule has 0 aliphatic rings. The van der Waals surface area contributed by atoms with E-state index in [1.807, 2.05) is 78.9 Å². The summed E-state index contributed by atoms with van der Waals surface area (Å²) >= 11 is 0. The zero-order valence-electron chi connectivity index (χ0n) is 24.7. The smallest absolute Gasteiger partial charge is 0.459 e. The molecule has 4 aromatic carbocycles. The van der Waals surface area contributed by atoms with Crippen LogP contribution in [0, 0.1) is 0 Å². The second-order valence-corrected chi connectivity index (χ2v) is 10.1. The van der Waals surface area contributed by atoms with Crippen molar-refractivity contribution < 1.29 is 38.1 Å². The number of carbonyl (C=O) groups is 4. The van der Waals surface area contributed by atoms with E-state index in [2.05, 4.69) is 10.6 Å². The van der Waals surface area contributed by atoms with Gasteiger partial charge in [0.2, 0.25) is 5.91 Å². The molecule has 0 saturated carbocycles. The van der Waals surface area contributed by atoms with Crippen molar-refractivity contribution >= 4 is 24.1 Å². The summed E-state index contributed by atoms with van der Waals surface area (Å²) in [6, 6.07) is 31.8. The normalized spacial score (nSPS) is 11.8. The van der Waals surface area contributed by atoms with Crippen LogP contribution in [-0.2, 0) is 50.0 Å². The molecule has 0 aliphatic heterocycles. The number of alkyl carbamates (subject to hydrolysis) is 1. The molecule has 45 heavy (non-hydrogen) atoms. The fourth-order valence-corrected chi connectivity index (χ4v) is 4.11. The van der Waals surface area contributed by atoms with Gasteiger partial charge in [0.25, 0.3) is 0 Å². The highest BCUT2D eigenvalue weighted by atomic mass is 16.7. The first-order valence-electron chi connectivity index (χ1n) is 14.3. The molecule has 0 fully saturated rings. The third-order valence-electron chi connectivity index (χ3n) is 6.52. The summed E-state index contributed by atoms with van der Waals surface area (Å²) < 4.78 is 21.0. The summed E-state index contributed by atoms with van der Waals surface area (Å²) in [5, 5.41) is 5.20. The zero-order chi connectivity index (χ0) is 31.9. The Morgan fingerprint density at radius 2 is 1.07 bits per heavy atom. The molecule has 2 N–H and O–H groups in total. The van der Waals surface area contributed by atoms with Gasteiger partial charge in [-0.2, -0.15) is 0 Å². The number of esters is 1. The van der Waals surface area contributed by atoms with E-state index in [9.17, 15) is 19.2 Å². The Morgan fingerprint density at radius 1 is 0.578 bits per heavy atom. The second kappa shape index (κ2) is 16.9. The summed E-state index contributed by atoms with van der Waals surface area (Å²) in [5.74, 6) is -0.998. The summed E-state index contributed by atoms with van der Waals surface area (Å²) in [4.78, 5) is 50.6. The minimum absolute atomic E-state index is 0.00956. The van der Waals surface area contributed by atoms with Gasteiger partial charge in [0.15, 0.2) is 0 Å². The van der Waals surface area contributed by atoms with Crippen LogP contribution in [0.15, 0.2) is 115 Å². The molecule has 2 amide bonds. The number of nitrogens with one attached hydrogen (secondary N) is 2. The SMILES string of the molecule is CC(NC(=O)C(Cc1ccc(OC(=O)OCc2ccccc2)cc1)NC(=O)OCc1ccccc1)C(=O)OCc1ccccc1. The third-order valence-corrected chi connectivity index (χ3v) is 6.52. The van der Waals surface area contributed by atoms with Crippen LogP contribution in [0.2, 0.25) is 0 Å². The fraction of sp³-hybridized carbons (Fsp3) is 0.200. The summed E-state index contributed by atoms with van der Waals surface area (Å²) in [6.45, 7) is 1.63. The Kier molecular flexibility index (Phi) is 12.1. The van der Waals surface area contributed by atoms with Crippen molar-refractivity contribution in [1.82, 2.24) is 10.6 Å². The second-order valence-electron chi connectivity index (χ2n) is 10.1. The van der Waals surface area contributed by atoms with E-state index in [0.717, 1.165) is 16.7 Å². The molecule has 0 radical (unpaired) electrons. The lowest BCUT2D eigenvalue weighted by atomic mass is 10.0. The molecule has 10 heteroatoms. The van der Waals surface area contributed by atoms with Crippen molar-refractivity contribution in [2.45, 2.75) is 45.2 Å². The van der Waals surface area contributed by atoms with Gasteiger partial charge >= 0.3 is 18.2 Å². The molecule has 2 atom stereocenters. The predicted molar refractivity (Wildman–Crippen MR) is 165 cm³/mol. The average Bonchev–Trinajstić information content (AvgIpc) is 3.07. The molecule has 0 heterocycles. The van der Waals surface area contributed by atoms with E-state index in [1.165, 1.54) is 6.92 Å². The highest BCUT2D eigenvalue weighted by Gasteiger charge is 2.26. The largest absolute Gasteiger partial charge is 0.514 e. The van der Waals surface area contributed by atoms with Gasteiger partial charge < -0.3 is 29.6 Å². The quantitative estimate of drug-likeness (QED) is 0.116. The van der Waals surface area contributed by atoms with Crippen LogP contribution in [0.25, 0.3) is 0 Å². The summed E-state index contributed by atoms with van der Waals surface area (Å²) in [6.07, 6.45) is -1.61. The standard InChI is InChI=1S/C35H34N2O8/c1-25(33(39)42-22-27-11-5-2-6-12-27)36-32(38)31(37-34(40)43-23-28-13-7-3-8-14-28)21-26-17-19-30(20-18-26)45-35(41)44-24-29-15-9-4-10-16-29/h2-20,25,31H,21-24H2,1H3,(H,36,38)(H,37,40). The van der Waals surface area contributed by atoms with Gasteiger partial charge in [0.1, 0.15) is 37.7 Å². The molecule has 0 spiro atoms. The first kappa shape index (κ1) is 32.3.